The summed E-state index contributed by atoms with van der Waals surface area (Å²) in [7, 11) is 0. The Morgan fingerprint density at radius 1 is 1.23 bits per heavy atom. The Bertz CT molecular complexity index is 371. The van der Waals surface area contributed by atoms with Crippen LogP contribution in [0.25, 0.3) is 11.3 Å². The highest BCUT2D eigenvalue weighted by Gasteiger charge is 2.04. The quantitative estimate of drug-likeness (QED) is 0.761. The maximum Gasteiger partial charge on any atom is 0.155 e. The third-order valence-electron chi connectivity index (χ3n) is 1.43. The van der Waals surface area contributed by atoms with Crippen molar-refractivity contribution in [1.29, 1.82) is 0 Å². The van der Waals surface area contributed by atoms with Gasteiger partial charge in [-0.25, -0.2) is 4.98 Å². The zero-order valence-corrected chi connectivity index (χ0v) is 6.78. The minimum atomic E-state index is 0. The van der Waals surface area contributed by atoms with Gasteiger partial charge >= 0.3 is 0 Å². The topological polar surface area (TPSA) is 54.5 Å². The number of hydrogen-bond acceptors (Lipinski definition) is 3. The predicted octanol–water partition coefficient (Wildman–Crippen LogP) is 2.16. The first-order valence-corrected chi connectivity index (χ1v) is 3.71. The molecule has 0 bridgehead atoms. The van der Waals surface area contributed by atoms with E-state index in [1.807, 2.05) is 0 Å². The number of nitrogens with zero attached hydrogens (tertiary/aromatic N) is 3. The number of nitrogens with one attached hydrogen (secondary N) is 1. The van der Waals surface area contributed by atoms with Gasteiger partial charge < -0.3 is 0 Å². The molecule has 0 unspecified atom stereocenters. The summed E-state index contributed by atoms with van der Waals surface area (Å²) in [5.41, 5.74) is 1.49. The molecule has 13 heavy (non-hydrogen) atoms. The van der Waals surface area contributed by atoms with Crippen LogP contribution in [0.3, 0.4) is 0 Å². The maximum absolute atomic E-state index is 5.80. The number of rotatable bonds is 1. The van der Waals surface area contributed by atoms with Gasteiger partial charge in [0.15, 0.2) is 5.15 Å². The first-order valence-electron chi connectivity index (χ1n) is 3.33. The summed E-state index contributed by atoms with van der Waals surface area (Å²) < 4.78 is 0. The Hall–Kier alpha value is -1.42. The van der Waals surface area contributed by atoms with Crippen LogP contribution < -0.4 is 0 Å². The lowest BCUT2D eigenvalue weighted by atomic mass is 10.3. The second-order valence-electron chi connectivity index (χ2n) is 2.18. The summed E-state index contributed by atoms with van der Waals surface area (Å²) in [5, 5.41) is 6.86. The van der Waals surface area contributed by atoms with E-state index >= 15 is 0 Å². The lowest BCUT2D eigenvalue weighted by Gasteiger charge is -1.95. The molecule has 0 radical (unpaired) electrons. The van der Waals surface area contributed by atoms with E-state index in [9.17, 15) is 0 Å². The van der Waals surface area contributed by atoms with Crippen molar-refractivity contribution < 1.29 is 0 Å². The van der Waals surface area contributed by atoms with E-state index in [0.717, 1.165) is 5.56 Å². The molecular formula is C8H9ClN4. The van der Waals surface area contributed by atoms with Crippen LogP contribution >= 0.6 is 11.6 Å². The van der Waals surface area contributed by atoms with Crippen molar-refractivity contribution in [3.05, 3.63) is 29.9 Å². The summed E-state index contributed by atoms with van der Waals surface area (Å²) in [6.07, 6.45) is 6.51. The molecule has 2 heterocycles. The number of halogens is 1. The van der Waals surface area contributed by atoms with Gasteiger partial charge in [-0.15, -0.1) is 0 Å². The number of aromatic nitrogens is 4. The van der Waals surface area contributed by atoms with Gasteiger partial charge in [0, 0.05) is 24.2 Å². The molecule has 0 amide bonds. The van der Waals surface area contributed by atoms with E-state index in [1.165, 1.54) is 0 Å². The highest BCUT2D eigenvalue weighted by Crippen LogP contribution is 2.21. The highest BCUT2D eigenvalue weighted by molar-refractivity contribution is 6.31. The van der Waals surface area contributed by atoms with Crippen molar-refractivity contribution in [2.24, 2.45) is 0 Å². The predicted molar refractivity (Wildman–Crippen MR) is 51.4 cm³/mol. The molecule has 2 aromatic rings. The fraction of sp³-hybridized carbons (Fsp3) is 0.125. The molecule has 0 saturated carbocycles. The number of hydrogen-bond donors (Lipinski definition) is 1. The van der Waals surface area contributed by atoms with E-state index < -0.39 is 0 Å². The van der Waals surface area contributed by atoms with Crippen molar-refractivity contribution >= 4 is 11.6 Å². The molecule has 0 spiro atoms. The van der Waals surface area contributed by atoms with Crippen molar-refractivity contribution in [2.75, 3.05) is 0 Å². The third kappa shape index (κ3) is 1.84. The molecule has 0 saturated heterocycles. The monoisotopic (exact) mass is 196 g/mol. The Morgan fingerprint density at radius 2 is 2.00 bits per heavy atom. The molecule has 0 aliphatic rings. The Balaban J connectivity index is 0.000000845. The number of aromatic amines is 1. The molecule has 0 fully saturated rings. The van der Waals surface area contributed by atoms with Gasteiger partial charge in [-0.1, -0.05) is 19.0 Å². The molecule has 2 rings (SSSR count). The lowest BCUT2D eigenvalue weighted by Crippen LogP contribution is -1.84. The molecule has 0 aliphatic heterocycles. The SMILES string of the molecule is C.Clc1nccnc1-c1cn[nH]c1. The average molecular weight is 197 g/mol. The van der Waals surface area contributed by atoms with Crippen LogP contribution in [0, 0.1) is 0 Å². The molecule has 0 aromatic carbocycles. The lowest BCUT2D eigenvalue weighted by molar-refractivity contribution is 1.09. The van der Waals surface area contributed by atoms with Gasteiger partial charge in [0.2, 0.25) is 0 Å². The van der Waals surface area contributed by atoms with E-state index in [2.05, 4.69) is 20.2 Å². The van der Waals surface area contributed by atoms with Gasteiger partial charge in [0.05, 0.1) is 6.20 Å². The van der Waals surface area contributed by atoms with Crippen LogP contribution in [-0.4, -0.2) is 20.2 Å². The fourth-order valence-electron chi connectivity index (χ4n) is 0.895. The summed E-state index contributed by atoms with van der Waals surface area (Å²) in [6, 6.07) is 0. The normalized spacial score (nSPS) is 9.31. The molecule has 2 aromatic heterocycles. The van der Waals surface area contributed by atoms with E-state index in [0.29, 0.717) is 10.8 Å². The first-order chi connectivity index (χ1) is 5.88. The molecule has 1 N–H and O–H groups in total. The summed E-state index contributed by atoms with van der Waals surface area (Å²) in [4.78, 5) is 7.96. The van der Waals surface area contributed by atoms with Gasteiger partial charge in [-0.3, -0.25) is 10.1 Å². The Kier molecular flexibility index (Phi) is 2.97. The first kappa shape index (κ1) is 9.67. The van der Waals surface area contributed by atoms with Crippen LogP contribution in [-0.2, 0) is 0 Å². The van der Waals surface area contributed by atoms with Crippen molar-refractivity contribution in [2.45, 2.75) is 7.43 Å². The largest absolute Gasteiger partial charge is 0.285 e. The zero-order valence-electron chi connectivity index (χ0n) is 6.03. The van der Waals surface area contributed by atoms with Gasteiger partial charge in [-0.2, -0.15) is 5.10 Å². The second-order valence-corrected chi connectivity index (χ2v) is 2.54. The van der Waals surface area contributed by atoms with Crippen molar-refractivity contribution in [1.82, 2.24) is 20.2 Å². The standard InChI is InChI=1S/C7H5ClN4.CH4/c8-7-6(9-1-2-10-7)5-3-11-12-4-5;/h1-4H,(H,11,12);1H4. The summed E-state index contributed by atoms with van der Waals surface area (Å²) >= 11 is 5.80. The Labute approximate surface area is 81.0 Å². The molecular weight excluding hydrogens is 188 g/mol. The zero-order chi connectivity index (χ0) is 8.39. The molecule has 5 heteroatoms. The highest BCUT2D eigenvalue weighted by atomic mass is 35.5. The Morgan fingerprint density at radius 3 is 2.62 bits per heavy atom. The number of H-pyrrole nitrogens is 1. The van der Waals surface area contributed by atoms with Gasteiger partial charge in [-0.05, 0) is 0 Å². The molecule has 4 nitrogen and oxygen atoms in total. The van der Waals surface area contributed by atoms with Crippen molar-refractivity contribution in [3.63, 3.8) is 0 Å². The van der Waals surface area contributed by atoms with Crippen molar-refractivity contribution in [3.8, 4) is 11.3 Å². The van der Waals surface area contributed by atoms with Crippen LogP contribution in [0.2, 0.25) is 5.15 Å². The molecule has 0 atom stereocenters. The molecule has 68 valence electrons. The third-order valence-corrected chi connectivity index (χ3v) is 1.70. The van der Waals surface area contributed by atoms with E-state index in [4.69, 9.17) is 11.6 Å². The van der Waals surface area contributed by atoms with Crippen LogP contribution in [0.5, 0.6) is 0 Å². The fourth-order valence-corrected chi connectivity index (χ4v) is 1.11. The van der Waals surface area contributed by atoms with Gasteiger partial charge in [0.1, 0.15) is 5.69 Å². The van der Waals surface area contributed by atoms with Crippen LogP contribution in [0.15, 0.2) is 24.8 Å². The maximum atomic E-state index is 5.80. The summed E-state index contributed by atoms with van der Waals surface area (Å²) in [5.74, 6) is 0. The second kappa shape index (κ2) is 4.00. The minimum absolute atomic E-state index is 0. The summed E-state index contributed by atoms with van der Waals surface area (Å²) in [6.45, 7) is 0. The van der Waals surface area contributed by atoms with E-state index in [1.54, 1.807) is 24.8 Å². The smallest absolute Gasteiger partial charge is 0.155 e. The van der Waals surface area contributed by atoms with E-state index in [-0.39, 0.29) is 7.43 Å². The average Bonchev–Trinajstić information content (AvgIpc) is 2.57. The molecule has 0 aliphatic carbocycles. The van der Waals surface area contributed by atoms with Crippen LogP contribution in [0.4, 0.5) is 0 Å². The van der Waals surface area contributed by atoms with Crippen LogP contribution in [0.1, 0.15) is 7.43 Å². The minimum Gasteiger partial charge on any atom is -0.285 e. The van der Waals surface area contributed by atoms with Gasteiger partial charge in [0.25, 0.3) is 0 Å².